The highest BCUT2D eigenvalue weighted by Gasteiger charge is 2.21. The molecule has 2 aromatic carbocycles. The summed E-state index contributed by atoms with van der Waals surface area (Å²) >= 11 is 0. The van der Waals surface area contributed by atoms with Crippen molar-refractivity contribution >= 4 is 34.2 Å². The number of hydrogen-bond acceptors (Lipinski definition) is 8. The number of aromatic nitrogens is 2. The number of aromatic amines is 1. The molecule has 1 amide bonds. The number of esters is 1. The first-order valence-electron chi connectivity index (χ1n) is 12.4. The maximum absolute atomic E-state index is 12.8. The van der Waals surface area contributed by atoms with Gasteiger partial charge in [0, 0.05) is 57.0 Å². The molecule has 0 aliphatic carbocycles. The van der Waals surface area contributed by atoms with E-state index < -0.39 is 22.1 Å². The number of unbranched alkanes of at least 4 members (excludes halogenated alkanes) is 2. The van der Waals surface area contributed by atoms with E-state index in [2.05, 4.69) is 14.6 Å². The van der Waals surface area contributed by atoms with Crippen molar-refractivity contribution < 1.29 is 19.2 Å². The zero-order chi connectivity index (χ0) is 27.2. The van der Waals surface area contributed by atoms with Crippen molar-refractivity contribution in [1.29, 1.82) is 0 Å². The van der Waals surface area contributed by atoms with Crippen LogP contribution in [0.5, 0.6) is 0 Å². The van der Waals surface area contributed by atoms with E-state index >= 15 is 0 Å². The second kappa shape index (κ2) is 11.7. The van der Waals surface area contributed by atoms with Crippen LogP contribution in [-0.4, -0.2) is 64.5 Å². The molecule has 1 N–H and O–H groups in total. The normalized spacial score (nSPS) is 13.5. The zero-order valence-electron chi connectivity index (χ0n) is 21.1. The Morgan fingerprint density at radius 2 is 1.71 bits per heavy atom. The van der Waals surface area contributed by atoms with Gasteiger partial charge in [-0.25, -0.2) is 9.59 Å². The lowest BCUT2D eigenvalue weighted by Crippen LogP contribution is -2.48. The lowest BCUT2D eigenvalue weighted by molar-refractivity contribution is -0.384. The predicted molar refractivity (Wildman–Crippen MR) is 141 cm³/mol. The number of piperazine rings is 1. The van der Waals surface area contributed by atoms with Crippen LogP contribution >= 0.6 is 0 Å². The topological polar surface area (TPSA) is 148 Å². The van der Waals surface area contributed by atoms with Crippen LogP contribution < -0.4 is 16.1 Å². The molecule has 0 unspecified atom stereocenters. The van der Waals surface area contributed by atoms with Crippen LogP contribution in [0.4, 0.5) is 11.4 Å². The van der Waals surface area contributed by atoms with Crippen LogP contribution in [-0.2, 0) is 16.1 Å². The molecule has 1 fully saturated rings. The van der Waals surface area contributed by atoms with Crippen LogP contribution in [0.3, 0.4) is 0 Å². The number of benzene rings is 2. The molecule has 12 nitrogen and oxygen atoms in total. The lowest BCUT2D eigenvalue weighted by atomic mass is 10.1. The summed E-state index contributed by atoms with van der Waals surface area (Å²) in [6.45, 7) is 2.69. The van der Waals surface area contributed by atoms with Crippen LogP contribution in [0.25, 0.3) is 10.9 Å². The standard InChI is InChI=1S/C26H29N5O7/c1-38-25(34)18-6-11-21-22(17-18)27-26(35)30(24(21)33)12-4-2-3-5-23(32)29-15-13-28(14-16-29)19-7-9-20(10-8-19)31(36)37/h6-11,17H,2-5,12-16H2,1H3,(H,27,35). The van der Waals surface area contributed by atoms with Gasteiger partial charge in [0.1, 0.15) is 0 Å². The lowest BCUT2D eigenvalue weighted by Gasteiger charge is -2.36. The number of hydrogen-bond donors (Lipinski definition) is 1. The highest BCUT2D eigenvalue weighted by atomic mass is 16.6. The Bertz CT molecular complexity index is 1450. The smallest absolute Gasteiger partial charge is 0.337 e. The average molecular weight is 524 g/mol. The van der Waals surface area contributed by atoms with Crippen LogP contribution in [0.2, 0.25) is 0 Å². The van der Waals surface area contributed by atoms with Gasteiger partial charge in [-0.15, -0.1) is 0 Å². The summed E-state index contributed by atoms with van der Waals surface area (Å²) in [6, 6.07) is 10.8. The Kier molecular flexibility index (Phi) is 8.19. The molecule has 200 valence electrons. The van der Waals surface area contributed by atoms with Crippen molar-refractivity contribution in [3.05, 3.63) is 79.0 Å². The first kappa shape index (κ1) is 26.6. The Balaban J connectivity index is 1.23. The molecule has 0 bridgehead atoms. The molecular formula is C26H29N5O7. The molecule has 0 saturated carbocycles. The third-order valence-electron chi connectivity index (χ3n) is 6.73. The van der Waals surface area contributed by atoms with Gasteiger partial charge in [-0.05, 0) is 43.2 Å². The summed E-state index contributed by atoms with van der Waals surface area (Å²) in [7, 11) is 1.26. The number of nitrogens with zero attached hydrogens (tertiary/aromatic N) is 4. The highest BCUT2D eigenvalue weighted by molar-refractivity contribution is 5.93. The third-order valence-corrected chi connectivity index (χ3v) is 6.73. The fourth-order valence-electron chi connectivity index (χ4n) is 4.58. The van der Waals surface area contributed by atoms with Gasteiger partial charge in [0.25, 0.3) is 11.2 Å². The average Bonchev–Trinajstić information content (AvgIpc) is 2.93. The largest absolute Gasteiger partial charge is 0.465 e. The van der Waals surface area contributed by atoms with E-state index in [1.165, 1.54) is 37.4 Å². The quantitative estimate of drug-likeness (QED) is 0.194. The van der Waals surface area contributed by atoms with Gasteiger partial charge >= 0.3 is 11.7 Å². The number of non-ortho nitro benzene ring substituents is 1. The monoisotopic (exact) mass is 523 g/mol. The predicted octanol–water partition coefficient (Wildman–Crippen LogP) is 2.29. The molecule has 2 heterocycles. The summed E-state index contributed by atoms with van der Waals surface area (Å²) in [5, 5.41) is 11.1. The van der Waals surface area contributed by atoms with E-state index in [0.29, 0.717) is 57.2 Å². The van der Waals surface area contributed by atoms with Gasteiger partial charge in [0.2, 0.25) is 5.91 Å². The van der Waals surface area contributed by atoms with Crippen molar-refractivity contribution in [2.45, 2.75) is 32.2 Å². The molecule has 4 rings (SSSR count). The molecule has 1 aliphatic heterocycles. The van der Waals surface area contributed by atoms with Crippen molar-refractivity contribution in [3.63, 3.8) is 0 Å². The molecule has 0 atom stereocenters. The van der Waals surface area contributed by atoms with E-state index in [0.717, 1.165) is 10.3 Å². The number of rotatable bonds is 9. The van der Waals surface area contributed by atoms with Crippen molar-refractivity contribution in [1.82, 2.24) is 14.5 Å². The van der Waals surface area contributed by atoms with Gasteiger partial charge in [-0.3, -0.25) is 24.3 Å². The number of fused-ring (bicyclic) bond motifs is 1. The molecule has 3 aromatic rings. The minimum absolute atomic E-state index is 0.0480. The summed E-state index contributed by atoms with van der Waals surface area (Å²) < 4.78 is 5.81. The summed E-state index contributed by atoms with van der Waals surface area (Å²) in [5.74, 6) is -0.492. The number of ether oxygens (including phenoxy) is 1. The second-order valence-electron chi connectivity index (χ2n) is 9.09. The van der Waals surface area contributed by atoms with E-state index in [-0.39, 0.29) is 29.2 Å². The first-order valence-corrected chi connectivity index (χ1v) is 12.4. The Labute approximate surface area is 217 Å². The molecular weight excluding hydrogens is 494 g/mol. The second-order valence-corrected chi connectivity index (χ2v) is 9.09. The minimum atomic E-state index is -0.558. The number of nitro groups is 1. The van der Waals surface area contributed by atoms with Crippen LogP contribution in [0.1, 0.15) is 36.0 Å². The highest BCUT2D eigenvalue weighted by Crippen LogP contribution is 2.21. The van der Waals surface area contributed by atoms with E-state index in [9.17, 15) is 29.3 Å². The van der Waals surface area contributed by atoms with Gasteiger partial charge < -0.3 is 19.5 Å². The maximum atomic E-state index is 12.8. The number of nitrogens with one attached hydrogen (secondary N) is 1. The van der Waals surface area contributed by atoms with Gasteiger partial charge in [-0.2, -0.15) is 0 Å². The van der Waals surface area contributed by atoms with Crippen LogP contribution in [0.15, 0.2) is 52.1 Å². The fourth-order valence-corrected chi connectivity index (χ4v) is 4.58. The molecule has 1 saturated heterocycles. The van der Waals surface area contributed by atoms with Crippen molar-refractivity contribution in [3.8, 4) is 0 Å². The van der Waals surface area contributed by atoms with E-state index in [1.54, 1.807) is 12.1 Å². The van der Waals surface area contributed by atoms with E-state index in [1.807, 2.05) is 4.90 Å². The molecule has 0 spiro atoms. The van der Waals surface area contributed by atoms with Crippen molar-refractivity contribution in [2.24, 2.45) is 0 Å². The number of methoxy groups -OCH3 is 1. The number of carbonyl (C=O) groups is 2. The summed E-state index contributed by atoms with van der Waals surface area (Å²) in [5.41, 5.74) is 0.481. The van der Waals surface area contributed by atoms with Gasteiger partial charge in [0.15, 0.2) is 0 Å². The van der Waals surface area contributed by atoms with Crippen LogP contribution in [0, 0.1) is 10.1 Å². The Morgan fingerprint density at radius 1 is 1.00 bits per heavy atom. The minimum Gasteiger partial charge on any atom is -0.465 e. The number of H-pyrrole nitrogens is 1. The molecule has 1 aliphatic rings. The molecule has 38 heavy (non-hydrogen) atoms. The zero-order valence-corrected chi connectivity index (χ0v) is 21.1. The fraction of sp³-hybridized carbons (Fsp3) is 0.385. The van der Waals surface area contributed by atoms with Gasteiger partial charge in [-0.1, -0.05) is 6.42 Å². The number of amides is 1. The van der Waals surface area contributed by atoms with E-state index in [4.69, 9.17) is 0 Å². The third kappa shape index (κ3) is 5.90. The SMILES string of the molecule is COC(=O)c1ccc2c(=O)n(CCCCCC(=O)N3CCN(c4ccc([N+](=O)[O-])cc4)CC3)c(=O)[nH]c2c1. The number of carbonyl (C=O) groups excluding carboxylic acids is 2. The molecule has 12 heteroatoms. The Morgan fingerprint density at radius 3 is 2.37 bits per heavy atom. The molecule has 1 aromatic heterocycles. The maximum Gasteiger partial charge on any atom is 0.337 e. The summed E-state index contributed by atoms with van der Waals surface area (Å²) in [6.07, 6.45) is 2.27. The summed E-state index contributed by atoms with van der Waals surface area (Å²) in [4.78, 5) is 66.5. The van der Waals surface area contributed by atoms with Crippen molar-refractivity contribution in [2.75, 3.05) is 38.2 Å². The molecule has 0 radical (unpaired) electrons. The first-order chi connectivity index (χ1) is 18.3. The number of nitro benzene ring substituents is 1. The Hall–Kier alpha value is -4.48. The number of anilines is 1. The van der Waals surface area contributed by atoms with Gasteiger partial charge in [0.05, 0.1) is 28.5 Å².